The van der Waals surface area contributed by atoms with Gasteiger partial charge in [0.15, 0.2) is 0 Å². The maximum Gasteiger partial charge on any atom is 0.317 e. The van der Waals surface area contributed by atoms with E-state index in [1.165, 1.54) is 12.8 Å². The lowest BCUT2D eigenvalue weighted by molar-refractivity contribution is 0.192. The normalized spacial score (nSPS) is 13.1. The zero-order valence-electron chi connectivity index (χ0n) is 18.6. The molecule has 168 valence electrons. The zero-order valence-corrected chi connectivity index (χ0v) is 19.3. The Labute approximate surface area is 194 Å². The molecule has 0 aliphatic heterocycles. The lowest BCUT2D eigenvalue weighted by Crippen LogP contribution is -2.41. The number of amides is 2. The average molecular weight is 453 g/mol. The first-order valence-electron chi connectivity index (χ1n) is 11.1. The summed E-state index contributed by atoms with van der Waals surface area (Å²) in [4.78, 5) is 14.8. The smallest absolute Gasteiger partial charge is 0.317 e. The van der Waals surface area contributed by atoms with Crippen LogP contribution in [0.25, 0.3) is 5.69 Å². The van der Waals surface area contributed by atoms with Crippen LogP contribution in [0.2, 0.25) is 5.02 Å². The van der Waals surface area contributed by atoms with Crippen molar-refractivity contribution in [1.82, 2.24) is 20.0 Å². The molecule has 0 radical (unpaired) electrons. The molecule has 0 atom stereocenters. The molecule has 0 spiro atoms. The summed E-state index contributed by atoms with van der Waals surface area (Å²) in [5.41, 5.74) is 2.52. The number of ether oxygens (including phenoxy) is 1. The van der Waals surface area contributed by atoms with Crippen molar-refractivity contribution in [3.8, 4) is 17.3 Å². The van der Waals surface area contributed by atoms with E-state index < -0.39 is 0 Å². The Hall–Kier alpha value is -2.99. The van der Waals surface area contributed by atoms with Gasteiger partial charge in [-0.15, -0.1) is 0 Å². The Kier molecular flexibility index (Phi) is 7.00. The van der Waals surface area contributed by atoms with Crippen LogP contribution in [0.5, 0.6) is 11.6 Å². The van der Waals surface area contributed by atoms with E-state index in [0.717, 1.165) is 29.9 Å². The largest absolute Gasteiger partial charge is 0.439 e. The van der Waals surface area contributed by atoms with Crippen LogP contribution in [-0.2, 0) is 6.54 Å². The van der Waals surface area contributed by atoms with Crippen molar-refractivity contribution in [3.05, 3.63) is 70.9 Å². The molecule has 7 heteroatoms. The van der Waals surface area contributed by atoms with Crippen LogP contribution >= 0.6 is 11.6 Å². The number of halogens is 1. The first kappa shape index (κ1) is 22.2. The number of nitrogens with one attached hydrogen (secondary N) is 1. The standard InChI is InChI=1S/C25H29ClN4O2/c1-3-14-27-25(31)29(16-19-12-13-19)17-23-18(2)28-30(21-9-7-8-20(26)15-21)24(23)32-22-10-5-4-6-11-22/h4-11,15,19H,3,12-14,16-17H2,1-2H3,(H,27,31). The van der Waals surface area contributed by atoms with Gasteiger partial charge in [-0.1, -0.05) is 42.8 Å². The summed E-state index contributed by atoms with van der Waals surface area (Å²) >= 11 is 6.25. The number of para-hydroxylation sites is 1. The quantitative estimate of drug-likeness (QED) is 0.436. The van der Waals surface area contributed by atoms with Crippen molar-refractivity contribution in [1.29, 1.82) is 0 Å². The van der Waals surface area contributed by atoms with Crippen molar-refractivity contribution in [2.45, 2.75) is 39.7 Å². The molecule has 1 saturated carbocycles. The van der Waals surface area contributed by atoms with Crippen LogP contribution in [0.1, 0.15) is 37.4 Å². The summed E-state index contributed by atoms with van der Waals surface area (Å²) in [6.07, 6.45) is 3.24. The molecule has 2 aromatic carbocycles. The van der Waals surface area contributed by atoms with Gasteiger partial charge in [0, 0.05) is 18.1 Å². The predicted octanol–water partition coefficient (Wildman–Crippen LogP) is 5.96. The predicted molar refractivity (Wildman–Crippen MR) is 127 cm³/mol. The van der Waals surface area contributed by atoms with Gasteiger partial charge in [0.2, 0.25) is 5.88 Å². The van der Waals surface area contributed by atoms with Crippen molar-refractivity contribution in [3.63, 3.8) is 0 Å². The molecular formula is C25H29ClN4O2. The highest BCUT2D eigenvalue weighted by atomic mass is 35.5. The van der Waals surface area contributed by atoms with Crippen LogP contribution in [-0.4, -0.2) is 33.8 Å². The molecule has 1 aromatic heterocycles. The molecule has 1 fully saturated rings. The second-order valence-corrected chi connectivity index (χ2v) is 8.67. The molecular weight excluding hydrogens is 424 g/mol. The summed E-state index contributed by atoms with van der Waals surface area (Å²) in [5.74, 6) is 1.88. The van der Waals surface area contributed by atoms with Crippen LogP contribution in [0.3, 0.4) is 0 Å². The van der Waals surface area contributed by atoms with Crippen LogP contribution in [0, 0.1) is 12.8 Å². The van der Waals surface area contributed by atoms with E-state index in [4.69, 9.17) is 21.4 Å². The number of hydrogen-bond donors (Lipinski definition) is 1. The monoisotopic (exact) mass is 452 g/mol. The fraction of sp³-hybridized carbons (Fsp3) is 0.360. The summed E-state index contributed by atoms with van der Waals surface area (Å²) < 4.78 is 8.10. The number of benzene rings is 2. The molecule has 1 aliphatic rings. The molecule has 1 heterocycles. The fourth-order valence-corrected chi connectivity index (χ4v) is 3.76. The summed E-state index contributed by atoms with van der Waals surface area (Å²) in [6.45, 7) is 5.83. The molecule has 6 nitrogen and oxygen atoms in total. The summed E-state index contributed by atoms with van der Waals surface area (Å²) in [7, 11) is 0. The van der Waals surface area contributed by atoms with Gasteiger partial charge < -0.3 is 15.0 Å². The molecule has 32 heavy (non-hydrogen) atoms. The lowest BCUT2D eigenvalue weighted by atomic mass is 10.2. The molecule has 3 aromatic rings. The van der Waals surface area contributed by atoms with Gasteiger partial charge in [0.25, 0.3) is 0 Å². The first-order valence-corrected chi connectivity index (χ1v) is 11.5. The minimum atomic E-state index is -0.0423. The molecule has 0 saturated heterocycles. The van der Waals surface area contributed by atoms with Gasteiger partial charge in [0.1, 0.15) is 5.75 Å². The highest BCUT2D eigenvalue weighted by molar-refractivity contribution is 6.30. The Balaban J connectivity index is 1.71. The zero-order chi connectivity index (χ0) is 22.5. The Bertz CT molecular complexity index is 1060. The summed E-state index contributed by atoms with van der Waals surface area (Å²) in [6, 6.07) is 17.1. The lowest BCUT2D eigenvalue weighted by Gasteiger charge is -2.23. The third-order valence-electron chi connectivity index (χ3n) is 5.49. The number of carbonyl (C=O) groups is 1. The Morgan fingerprint density at radius 2 is 2.00 bits per heavy atom. The highest BCUT2D eigenvalue weighted by Crippen LogP contribution is 2.34. The Morgan fingerprint density at radius 3 is 2.69 bits per heavy atom. The second kappa shape index (κ2) is 10.1. The minimum Gasteiger partial charge on any atom is -0.439 e. The van der Waals surface area contributed by atoms with Gasteiger partial charge in [0.05, 0.1) is 23.5 Å². The maximum atomic E-state index is 12.9. The fourth-order valence-electron chi connectivity index (χ4n) is 3.57. The topological polar surface area (TPSA) is 59.4 Å². The Morgan fingerprint density at radius 1 is 1.22 bits per heavy atom. The van der Waals surface area contributed by atoms with Crippen LogP contribution < -0.4 is 10.1 Å². The number of aromatic nitrogens is 2. The van der Waals surface area contributed by atoms with E-state index in [2.05, 4.69) is 12.2 Å². The minimum absolute atomic E-state index is 0.0423. The van der Waals surface area contributed by atoms with Crippen molar-refractivity contribution in [2.24, 2.45) is 5.92 Å². The van der Waals surface area contributed by atoms with Crippen molar-refractivity contribution in [2.75, 3.05) is 13.1 Å². The van der Waals surface area contributed by atoms with E-state index in [0.29, 0.717) is 35.7 Å². The number of carbonyl (C=O) groups excluding carboxylic acids is 1. The third-order valence-corrected chi connectivity index (χ3v) is 5.72. The number of rotatable bonds is 9. The molecule has 4 rings (SSSR count). The maximum absolute atomic E-state index is 12.9. The SMILES string of the molecule is CCCNC(=O)N(Cc1c(C)nn(-c2cccc(Cl)c2)c1Oc1ccccc1)CC1CC1. The van der Waals surface area contributed by atoms with E-state index in [1.807, 2.05) is 66.4 Å². The third kappa shape index (κ3) is 5.43. The van der Waals surface area contributed by atoms with Crippen molar-refractivity contribution >= 4 is 17.6 Å². The van der Waals surface area contributed by atoms with Crippen molar-refractivity contribution < 1.29 is 9.53 Å². The first-order chi connectivity index (χ1) is 15.5. The average Bonchev–Trinajstić information content (AvgIpc) is 3.57. The van der Waals surface area contributed by atoms with Gasteiger partial charge >= 0.3 is 6.03 Å². The van der Waals surface area contributed by atoms with Gasteiger partial charge in [-0.05, 0) is 62.4 Å². The van der Waals surface area contributed by atoms with Gasteiger partial charge in [-0.3, -0.25) is 0 Å². The van der Waals surface area contributed by atoms with E-state index in [-0.39, 0.29) is 6.03 Å². The molecule has 0 bridgehead atoms. The van der Waals surface area contributed by atoms with Gasteiger partial charge in [-0.2, -0.15) is 5.10 Å². The van der Waals surface area contributed by atoms with E-state index in [9.17, 15) is 4.79 Å². The number of urea groups is 1. The number of nitrogens with zero attached hydrogens (tertiary/aromatic N) is 3. The number of aryl methyl sites for hydroxylation is 1. The molecule has 1 N–H and O–H groups in total. The second-order valence-electron chi connectivity index (χ2n) is 8.23. The number of hydrogen-bond acceptors (Lipinski definition) is 3. The molecule has 1 aliphatic carbocycles. The van der Waals surface area contributed by atoms with E-state index >= 15 is 0 Å². The summed E-state index contributed by atoms with van der Waals surface area (Å²) in [5, 5.41) is 8.41. The molecule has 2 amide bonds. The molecule has 0 unspecified atom stereocenters. The highest BCUT2D eigenvalue weighted by Gasteiger charge is 2.29. The van der Waals surface area contributed by atoms with E-state index in [1.54, 1.807) is 4.68 Å². The van der Waals surface area contributed by atoms with Crippen LogP contribution in [0.15, 0.2) is 54.6 Å². The van der Waals surface area contributed by atoms with Crippen LogP contribution in [0.4, 0.5) is 4.79 Å². The van der Waals surface area contributed by atoms with Gasteiger partial charge in [-0.25, -0.2) is 9.48 Å².